The molecule has 0 saturated heterocycles. The molecule has 0 spiro atoms. The average Bonchev–Trinajstić information content (AvgIpc) is 2.05. The van der Waals surface area contributed by atoms with Crippen molar-refractivity contribution in [3.8, 4) is 0 Å². The van der Waals surface area contributed by atoms with E-state index in [0.29, 0.717) is 0 Å². The number of nitrogens with one attached hydrogen (secondary N) is 1. The fourth-order valence-corrected chi connectivity index (χ4v) is 1.95. The molecule has 2 heteroatoms. The lowest BCUT2D eigenvalue weighted by Crippen LogP contribution is -2.31. The van der Waals surface area contributed by atoms with Crippen molar-refractivity contribution in [2.75, 3.05) is 5.32 Å². The predicted octanol–water partition coefficient (Wildman–Crippen LogP) is 3.43. The number of fused-ring (bicyclic) bond motifs is 1. The van der Waals surface area contributed by atoms with Gasteiger partial charge in [0.25, 0.3) is 0 Å². The van der Waals surface area contributed by atoms with Crippen LogP contribution in [0.25, 0.3) is 5.57 Å². The van der Waals surface area contributed by atoms with Crippen molar-refractivity contribution < 1.29 is 4.39 Å². The first-order valence-electron chi connectivity index (χ1n) is 4.75. The summed E-state index contributed by atoms with van der Waals surface area (Å²) >= 11 is 0. The second-order valence-corrected chi connectivity index (χ2v) is 4.36. The van der Waals surface area contributed by atoms with Gasteiger partial charge in [-0.1, -0.05) is 6.08 Å². The van der Waals surface area contributed by atoms with Gasteiger partial charge in [0.05, 0.1) is 5.54 Å². The number of allylic oxidation sites excluding steroid dienone is 1. The third-order valence-electron chi connectivity index (χ3n) is 2.44. The Morgan fingerprint density at radius 1 is 1.29 bits per heavy atom. The molecule has 2 rings (SSSR count). The number of rotatable bonds is 0. The second kappa shape index (κ2) is 2.84. The van der Waals surface area contributed by atoms with Gasteiger partial charge in [0.1, 0.15) is 5.82 Å². The molecule has 0 unspecified atom stereocenters. The molecule has 1 nitrogen and oxygen atoms in total. The van der Waals surface area contributed by atoms with Crippen molar-refractivity contribution in [1.82, 2.24) is 0 Å². The molecule has 0 atom stereocenters. The lowest BCUT2D eigenvalue weighted by atomic mass is 9.91. The van der Waals surface area contributed by atoms with Crippen molar-refractivity contribution in [2.45, 2.75) is 26.3 Å². The zero-order chi connectivity index (χ0) is 10.3. The van der Waals surface area contributed by atoms with Gasteiger partial charge in [-0.2, -0.15) is 0 Å². The van der Waals surface area contributed by atoms with Gasteiger partial charge < -0.3 is 5.32 Å². The van der Waals surface area contributed by atoms with Crippen molar-refractivity contribution in [1.29, 1.82) is 0 Å². The normalized spacial score (nSPS) is 18.1. The Morgan fingerprint density at radius 3 is 2.71 bits per heavy atom. The standard InChI is InChI=1S/C12H14FN/c1-8-7-12(2,3)14-11-5-4-9(13)6-10(8)11/h4-7,14H,1-3H3. The molecule has 0 amide bonds. The van der Waals surface area contributed by atoms with Crippen LogP contribution in [0.4, 0.5) is 10.1 Å². The van der Waals surface area contributed by atoms with Gasteiger partial charge in [-0.15, -0.1) is 0 Å². The van der Waals surface area contributed by atoms with Crippen molar-refractivity contribution in [3.63, 3.8) is 0 Å². The average molecular weight is 191 g/mol. The lowest BCUT2D eigenvalue weighted by Gasteiger charge is -2.31. The third-order valence-corrected chi connectivity index (χ3v) is 2.44. The molecule has 14 heavy (non-hydrogen) atoms. The van der Waals surface area contributed by atoms with Crippen LogP contribution in [0.2, 0.25) is 0 Å². The van der Waals surface area contributed by atoms with Gasteiger partial charge in [0, 0.05) is 11.3 Å². The molecule has 0 aliphatic carbocycles. The molecule has 0 fully saturated rings. The van der Waals surface area contributed by atoms with Gasteiger partial charge in [0.15, 0.2) is 0 Å². The molecule has 1 aromatic carbocycles. The molecule has 0 saturated carbocycles. The first-order chi connectivity index (χ1) is 6.48. The molecular weight excluding hydrogens is 177 g/mol. The summed E-state index contributed by atoms with van der Waals surface area (Å²) < 4.78 is 13.0. The van der Waals surface area contributed by atoms with Gasteiger partial charge in [-0.05, 0) is 44.5 Å². The molecule has 0 aromatic heterocycles. The van der Waals surface area contributed by atoms with Gasteiger partial charge >= 0.3 is 0 Å². The first-order valence-corrected chi connectivity index (χ1v) is 4.75. The van der Waals surface area contributed by atoms with E-state index in [0.717, 1.165) is 16.8 Å². The molecular formula is C12H14FN. The minimum atomic E-state index is -0.182. The molecule has 1 N–H and O–H groups in total. The highest BCUT2D eigenvalue weighted by atomic mass is 19.1. The van der Waals surface area contributed by atoms with Crippen LogP contribution >= 0.6 is 0 Å². The molecule has 1 aliphatic rings. The fraction of sp³-hybridized carbons (Fsp3) is 0.333. The van der Waals surface area contributed by atoms with E-state index in [2.05, 4.69) is 25.2 Å². The minimum Gasteiger partial charge on any atom is -0.376 e. The summed E-state index contributed by atoms with van der Waals surface area (Å²) in [6.45, 7) is 6.21. The summed E-state index contributed by atoms with van der Waals surface area (Å²) in [6, 6.07) is 4.85. The minimum absolute atomic E-state index is 0.0467. The molecule has 0 radical (unpaired) electrons. The van der Waals surface area contributed by atoms with Crippen LogP contribution in [-0.4, -0.2) is 5.54 Å². The third kappa shape index (κ3) is 1.52. The Bertz CT molecular complexity index is 405. The molecule has 0 bridgehead atoms. The molecule has 74 valence electrons. The summed E-state index contributed by atoms with van der Waals surface area (Å²) in [5.41, 5.74) is 3.05. The predicted molar refractivity (Wildman–Crippen MR) is 57.8 cm³/mol. The number of hydrogen-bond donors (Lipinski definition) is 1. The van der Waals surface area contributed by atoms with Crippen LogP contribution in [0.15, 0.2) is 24.3 Å². The fourth-order valence-electron chi connectivity index (χ4n) is 1.95. The summed E-state index contributed by atoms with van der Waals surface area (Å²) in [5.74, 6) is -0.182. The van der Waals surface area contributed by atoms with Crippen LogP contribution in [0.5, 0.6) is 0 Å². The summed E-state index contributed by atoms with van der Waals surface area (Å²) in [7, 11) is 0. The van der Waals surface area contributed by atoms with Gasteiger partial charge in [0.2, 0.25) is 0 Å². The number of anilines is 1. The van der Waals surface area contributed by atoms with E-state index in [9.17, 15) is 4.39 Å². The molecule has 1 aromatic rings. The smallest absolute Gasteiger partial charge is 0.123 e. The SMILES string of the molecule is CC1=CC(C)(C)Nc2ccc(F)cc21. The van der Waals surface area contributed by atoms with Crippen LogP contribution in [0.1, 0.15) is 26.3 Å². The van der Waals surface area contributed by atoms with Crippen molar-refractivity contribution in [3.05, 3.63) is 35.7 Å². The van der Waals surface area contributed by atoms with Crippen LogP contribution in [-0.2, 0) is 0 Å². The maximum atomic E-state index is 13.0. The largest absolute Gasteiger partial charge is 0.376 e. The van der Waals surface area contributed by atoms with E-state index in [1.165, 1.54) is 6.07 Å². The van der Waals surface area contributed by atoms with Crippen LogP contribution < -0.4 is 5.32 Å². The summed E-state index contributed by atoms with van der Waals surface area (Å²) in [4.78, 5) is 0. The maximum absolute atomic E-state index is 13.0. The molecule has 1 heterocycles. The highest BCUT2D eigenvalue weighted by molar-refractivity contribution is 5.79. The Kier molecular flexibility index (Phi) is 1.88. The Hall–Kier alpha value is -1.31. The van der Waals surface area contributed by atoms with Crippen LogP contribution in [0, 0.1) is 5.82 Å². The topological polar surface area (TPSA) is 12.0 Å². The van der Waals surface area contributed by atoms with Gasteiger partial charge in [-0.3, -0.25) is 0 Å². The Labute approximate surface area is 83.6 Å². The van der Waals surface area contributed by atoms with E-state index < -0.39 is 0 Å². The van der Waals surface area contributed by atoms with Crippen molar-refractivity contribution in [2.24, 2.45) is 0 Å². The highest BCUT2D eigenvalue weighted by Gasteiger charge is 2.22. The van der Waals surface area contributed by atoms with E-state index in [1.54, 1.807) is 12.1 Å². The summed E-state index contributed by atoms with van der Waals surface area (Å²) in [6.07, 6.45) is 2.12. The quantitative estimate of drug-likeness (QED) is 0.662. The van der Waals surface area contributed by atoms with E-state index >= 15 is 0 Å². The maximum Gasteiger partial charge on any atom is 0.123 e. The highest BCUT2D eigenvalue weighted by Crippen LogP contribution is 2.33. The van der Waals surface area contributed by atoms with Crippen molar-refractivity contribution >= 4 is 11.3 Å². The monoisotopic (exact) mass is 191 g/mol. The number of hydrogen-bond acceptors (Lipinski definition) is 1. The van der Waals surface area contributed by atoms with Gasteiger partial charge in [-0.25, -0.2) is 4.39 Å². The lowest BCUT2D eigenvalue weighted by molar-refractivity contribution is 0.626. The van der Waals surface area contributed by atoms with E-state index in [-0.39, 0.29) is 11.4 Å². The Morgan fingerprint density at radius 2 is 2.00 bits per heavy atom. The number of halogens is 1. The number of benzene rings is 1. The Balaban J connectivity index is 2.56. The second-order valence-electron chi connectivity index (χ2n) is 4.36. The summed E-state index contributed by atoms with van der Waals surface area (Å²) in [5, 5.41) is 3.35. The molecule has 1 aliphatic heterocycles. The first kappa shape index (κ1) is 9.25. The van der Waals surface area contributed by atoms with Crippen LogP contribution in [0.3, 0.4) is 0 Å². The van der Waals surface area contributed by atoms with E-state index in [1.807, 2.05) is 6.92 Å². The zero-order valence-corrected chi connectivity index (χ0v) is 8.69. The van der Waals surface area contributed by atoms with E-state index in [4.69, 9.17) is 0 Å². The zero-order valence-electron chi connectivity index (χ0n) is 8.69.